The van der Waals surface area contributed by atoms with Gasteiger partial charge >= 0.3 is 0 Å². The van der Waals surface area contributed by atoms with Gasteiger partial charge in [-0.1, -0.05) is 0 Å². The Bertz CT molecular complexity index is 1190. The summed E-state index contributed by atoms with van der Waals surface area (Å²) in [5.41, 5.74) is 1.79. The maximum Gasteiger partial charge on any atom is 0.273 e. The van der Waals surface area contributed by atoms with Crippen LogP contribution in [0.3, 0.4) is 0 Å². The molecule has 0 aromatic carbocycles. The van der Waals surface area contributed by atoms with E-state index in [9.17, 15) is 14.0 Å². The number of carbonyl (C=O) groups is 2. The third-order valence-electron chi connectivity index (χ3n) is 5.49. The number of anilines is 4. The summed E-state index contributed by atoms with van der Waals surface area (Å²) < 4.78 is 15.1. The number of rotatable bonds is 6. The van der Waals surface area contributed by atoms with Crippen LogP contribution in [0.4, 0.5) is 27.5 Å². The fraction of sp³-hybridized carbons (Fsp3) is 0.400. The van der Waals surface area contributed by atoms with E-state index >= 15 is 0 Å². The van der Waals surface area contributed by atoms with Crippen LogP contribution in [0.15, 0.2) is 24.4 Å². The van der Waals surface area contributed by atoms with Gasteiger partial charge in [0.25, 0.3) is 5.91 Å². The van der Waals surface area contributed by atoms with E-state index in [-0.39, 0.29) is 29.3 Å². The first-order chi connectivity index (χ1) is 15.5. The number of carbonyl (C=O) groups excluding carboxylic acids is 2. The fourth-order valence-corrected chi connectivity index (χ4v) is 3.59. The van der Waals surface area contributed by atoms with Crippen molar-refractivity contribution in [3.8, 4) is 0 Å². The van der Waals surface area contributed by atoms with Gasteiger partial charge in [0.15, 0.2) is 17.2 Å². The van der Waals surface area contributed by atoms with Crippen LogP contribution in [0.25, 0.3) is 5.65 Å². The van der Waals surface area contributed by atoms with Gasteiger partial charge in [0.2, 0.25) is 11.9 Å². The van der Waals surface area contributed by atoms with Crippen LogP contribution in [0.1, 0.15) is 29.8 Å². The van der Waals surface area contributed by atoms with Crippen molar-refractivity contribution in [3.63, 3.8) is 0 Å². The molecule has 1 aliphatic carbocycles. The first-order valence-corrected chi connectivity index (χ1v) is 10.4. The molecule has 0 spiro atoms. The van der Waals surface area contributed by atoms with Crippen LogP contribution < -0.4 is 20.9 Å². The number of fused-ring (bicyclic) bond motifs is 1. The van der Waals surface area contributed by atoms with E-state index < -0.39 is 12.1 Å². The standard InChI is InChI=1S/C20H22FN9O2/c1-22-19(32)17-14(8-15(26-27-17)24-18(31)11-2-3-11)23-20-25-16-5-4-13(10-30(16)28-20)29-7-6-12(21)9-29/h4-5,8,10-12H,2-3,6-7,9H2,1H3,(H,22,32)(H2,23,24,26,28,31). The molecule has 12 heteroatoms. The van der Waals surface area contributed by atoms with Crippen molar-refractivity contribution in [1.82, 2.24) is 30.1 Å². The molecular weight excluding hydrogens is 417 g/mol. The molecule has 2 aliphatic rings. The summed E-state index contributed by atoms with van der Waals surface area (Å²) >= 11 is 0. The second-order valence-corrected chi connectivity index (χ2v) is 7.92. The molecular formula is C20H22FN9O2. The lowest BCUT2D eigenvalue weighted by Gasteiger charge is -2.16. The first kappa shape index (κ1) is 20.1. The highest BCUT2D eigenvalue weighted by atomic mass is 19.1. The lowest BCUT2D eigenvalue weighted by molar-refractivity contribution is -0.117. The monoisotopic (exact) mass is 439 g/mol. The predicted octanol–water partition coefficient (Wildman–Crippen LogP) is 1.52. The van der Waals surface area contributed by atoms with Crippen molar-refractivity contribution < 1.29 is 14.0 Å². The quantitative estimate of drug-likeness (QED) is 0.527. The predicted molar refractivity (Wildman–Crippen MR) is 115 cm³/mol. The number of aromatic nitrogens is 5. The third kappa shape index (κ3) is 4.03. The summed E-state index contributed by atoms with van der Waals surface area (Å²) in [4.78, 5) is 30.7. The molecule has 1 aliphatic heterocycles. The Balaban J connectivity index is 1.42. The molecule has 32 heavy (non-hydrogen) atoms. The van der Waals surface area contributed by atoms with E-state index in [4.69, 9.17) is 0 Å². The zero-order valence-electron chi connectivity index (χ0n) is 17.4. The molecule has 0 radical (unpaired) electrons. The van der Waals surface area contributed by atoms with Crippen molar-refractivity contribution in [1.29, 1.82) is 0 Å². The molecule has 166 valence electrons. The highest BCUT2D eigenvalue weighted by Crippen LogP contribution is 2.30. The summed E-state index contributed by atoms with van der Waals surface area (Å²) in [5, 5.41) is 20.6. The molecule has 3 aromatic heterocycles. The maximum atomic E-state index is 13.6. The van der Waals surface area contributed by atoms with Crippen LogP contribution >= 0.6 is 0 Å². The Morgan fingerprint density at radius 1 is 1.19 bits per heavy atom. The fourth-order valence-electron chi connectivity index (χ4n) is 3.59. The zero-order valence-corrected chi connectivity index (χ0v) is 17.4. The number of amides is 2. The van der Waals surface area contributed by atoms with E-state index in [1.165, 1.54) is 13.1 Å². The Labute approximate surface area is 182 Å². The second-order valence-electron chi connectivity index (χ2n) is 7.92. The van der Waals surface area contributed by atoms with Crippen molar-refractivity contribution in [2.45, 2.75) is 25.4 Å². The summed E-state index contributed by atoms with van der Waals surface area (Å²) in [6.07, 6.45) is 3.20. The van der Waals surface area contributed by atoms with E-state index in [1.807, 2.05) is 11.0 Å². The maximum absolute atomic E-state index is 13.6. The number of nitrogens with zero attached hydrogens (tertiary/aromatic N) is 6. The lowest BCUT2D eigenvalue weighted by Crippen LogP contribution is -2.22. The molecule has 1 saturated carbocycles. The van der Waals surface area contributed by atoms with Gasteiger partial charge in [0, 0.05) is 32.1 Å². The highest BCUT2D eigenvalue weighted by Gasteiger charge is 2.30. The summed E-state index contributed by atoms with van der Waals surface area (Å²) in [6.45, 7) is 1.01. The van der Waals surface area contributed by atoms with Crippen molar-refractivity contribution in [2.75, 3.05) is 35.7 Å². The van der Waals surface area contributed by atoms with Crippen LogP contribution in [-0.4, -0.2) is 62.9 Å². The zero-order chi connectivity index (χ0) is 22.2. The summed E-state index contributed by atoms with van der Waals surface area (Å²) in [7, 11) is 1.49. The summed E-state index contributed by atoms with van der Waals surface area (Å²) in [6, 6.07) is 5.20. The molecule has 2 amide bonds. The van der Waals surface area contributed by atoms with Gasteiger partial charge in [-0.25, -0.2) is 8.91 Å². The molecule has 0 bridgehead atoms. The van der Waals surface area contributed by atoms with Gasteiger partial charge in [-0.15, -0.1) is 15.3 Å². The van der Waals surface area contributed by atoms with E-state index in [0.29, 0.717) is 30.8 Å². The van der Waals surface area contributed by atoms with Gasteiger partial charge in [0.1, 0.15) is 6.17 Å². The van der Waals surface area contributed by atoms with Crippen LogP contribution in [0, 0.1) is 5.92 Å². The molecule has 3 aromatic rings. The Hall–Kier alpha value is -3.83. The number of hydrogen-bond donors (Lipinski definition) is 3. The third-order valence-corrected chi connectivity index (χ3v) is 5.49. The minimum absolute atomic E-state index is 0.00408. The molecule has 11 nitrogen and oxygen atoms in total. The van der Waals surface area contributed by atoms with E-state index in [1.54, 1.807) is 16.8 Å². The largest absolute Gasteiger partial charge is 0.367 e. The molecule has 1 atom stereocenters. The Kier molecular flexibility index (Phi) is 5.04. The average molecular weight is 439 g/mol. The Morgan fingerprint density at radius 2 is 2.03 bits per heavy atom. The lowest BCUT2D eigenvalue weighted by atomic mass is 10.3. The SMILES string of the molecule is CNC(=O)c1nnc(NC(=O)C2CC2)cc1Nc1nc2ccc(N3CCC(F)C3)cn2n1. The number of alkyl halides is 1. The first-order valence-electron chi connectivity index (χ1n) is 10.4. The molecule has 1 unspecified atom stereocenters. The summed E-state index contributed by atoms with van der Waals surface area (Å²) in [5.74, 6) is -0.0819. The minimum Gasteiger partial charge on any atom is -0.367 e. The minimum atomic E-state index is -0.824. The Morgan fingerprint density at radius 3 is 2.75 bits per heavy atom. The van der Waals surface area contributed by atoms with Gasteiger partial charge in [-0.2, -0.15) is 4.98 Å². The highest BCUT2D eigenvalue weighted by molar-refractivity contribution is 5.99. The molecule has 1 saturated heterocycles. The van der Waals surface area contributed by atoms with Crippen molar-refractivity contribution >= 4 is 40.6 Å². The van der Waals surface area contributed by atoms with E-state index in [0.717, 1.165) is 18.5 Å². The van der Waals surface area contributed by atoms with Gasteiger partial charge in [0.05, 0.1) is 17.6 Å². The topological polar surface area (TPSA) is 129 Å². The van der Waals surface area contributed by atoms with E-state index in [2.05, 4.69) is 36.2 Å². The van der Waals surface area contributed by atoms with Gasteiger partial charge < -0.3 is 20.9 Å². The normalized spacial score (nSPS) is 18.1. The molecule has 3 N–H and O–H groups in total. The van der Waals surface area contributed by atoms with Crippen LogP contribution in [-0.2, 0) is 4.79 Å². The average Bonchev–Trinajstić information content (AvgIpc) is 3.43. The van der Waals surface area contributed by atoms with Crippen LogP contribution in [0.2, 0.25) is 0 Å². The molecule has 5 rings (SSSR count). The number of nitrogens with one attached hydrogen (secondary N) is 3. The molecule has 2 fully saturated rings. The number of pyridine rings is 1. The number of halogens is 1. The smallest absolute Gasteiger partial charge is 0.273 e. The number of hydrogen-bond acceptors (Lipinski definition) is 8. The second kappa shape index (κ2) is 8.02. The molecule has 4 heterocycles. The van der Waals surface area contributed by atoms with Gasteiger partial charge in [-0.05, 0) is 31.4 Å². The van der Waals surface area contributed by atoms with Crippen LogP contribution in [0.5, 0.6) is 0 Å². The van der Waals surface area contributed by atoms with Crippen molar-refractivity contribution in [3.05, 3.63) is 30.1 Å². The van der Waals surface area contributed by atoms with Gasteiger partial charge in [-0.3, -0.25) is 9.59 Å². The van der Waals surface area contributed by atoms with Crippen molar-refractivity contribution in [2.24, 2.45) is 5.92 Å².